The van der Waals surface area contributed by atoms with Crippen LogP contribution < -0.4 is 10.7 Å². The van der Waals surface area contributed by atoms with Crippen molar-refractivity contribution in [3.8, 4) is 17.8 Å². The lowest BCUT2D eigenvalue weighted by Crippen LogP contribution is -2.40. The maximum Gasteiger partial charge on any atom is 0.127 e. The third kappa shape index (κ3) is 3.78. The van der Waals surface area contributed by atoms with Crippen LogP contribution in [0, 0.1) is 42.4 Å². The van der Waals surface area contributed by atoms with Crippen LogP contribution in [0.2, 0.25) is 5.02 Å². The van der Waals surface area contributed by atoms with Crippen LogP contribution in [0.3, 0.4) is 0 Å². The van der Waals surface area contributed by atoms with Gasteiger partial charge >= 0.3 is 0 Å². The van der Waals surface area contributed by atoms with E-state index < -0.39 is 12.1 Å². The molecule has 0 radical (unpaired) electrons. The quantitative estimate of drug-likeness (QED) is 0.580. The Labute approximate surface area is 192 Å². The average Bonchev–Trinajstić information content (AvgIpc) is 3.27. The highest BCUT2D eigenvalue weighted by Crippen LogP contribution is 2.30. The van der Waals surface area contributed by atoms with Crippen molar-refractivity contribution in [3.63, 3.8) is 0 Å². The van der Waals surface area contributed by atoms with Gasteiger partial charge in [-0.3, -0.25) is 0 Å². The van der Waals surface area contributed by atoms with Crippen LogP contribution in [0.4, 0.5) is 5.69 Å². The molecule has 3 aromatic rings. The van der Waals surface area contributed by atoms with Crippen LogP contribution in [0.1, 0.15) is 17.0 Å². The van der Waals surface area contributed by atoms with E-state index in [-0.39, 0.29) is 0 Å². The number of allylic oxidation sites excluding steroid dienone is 1. The number of nitriles is 2. The molecule has 158 valence electrons. The van der Waals surface area contributed by atoms with Gasteiger partial charge in [0.05, 0.1) is 23.0 Å². The van der Waals surface area contributed by atoms with Crippen molar-refractivity contribution in [1.29, 1.82) is 10.5 Å². The van der Waals surface area contributed by atoms with Crippen LogP contribution in [-0.4, -0.2) is 16.4 Å². The van der Waals surface area contributed by atoms with Gasteiger partial charge in [-0.15, -0.1) is 0 Å². The van der Waals surface area contributed by atoms with Gasteiger partial charge < -0.3 is 10.3 Å². The smallest absolute Gasteiger partial charge is 0.127 e. The average molecular weight is 441 g/mol. The lowest BCUT2D eigenvalue weighted by molar-refractivity contribution is 0.624. The summed E-state index contributed by atoms with van der Waals surface area (Å²) in [6.07, 6.45) is 1.10. The molecule has 0 fully saturated rings. The first-order valence-electron chi connectivity index (χ1n) is 10.1. The van der Waals surface area contributed by atoms with Crippen LogP contribution >= 0.6 is 11.6 Å². The molecule has 0 saturated carbocycles. The predicted octanol–water partition coefficient (Wildman–Crippen LogP) is 4.96. The predicted molar refractivity (Wildman–Crippen MR) is 127 cm³/mol. The second kappa shape index (κ2) is 8.72. The number of rotatable bonds is 4. The molecule has 1 aromatic heterocycles. The Morgan fingerprint density at radius 2 is 1.78 bits per heavy atom. The molecule has 2 atom stereocenters. The third-order valence-electron chi connectivity index (χ3n) is 5.53. The number of halogens is 1. The molecule has 1 aliphatic rings. The van der Waals surface area contributed by atoms with Crippen LogP contribution in [-0.2, 0) is 0 Å². The molecule has 2 heterocycles. The standard InChI is InChI=1S/C25H21ClN6/c1-16-11-18(17(2)31(16)22-10-6-7-20(26)13-22)12-19(14-27)24-23(15-28)25(29)32(30-24)21-8-4-3-5-9-21/h3-13,23,25H,29H2,1-2H3/b19-12-/t23-,25+/m1/s1. The number of aryl methyl sites for hydroxylation is 1. The van der Waals surface area contributed by atoms with Gasteiger partial charge in [0.1, 0.15) is 18.2 Å². The van der Waals surface area contributed by atoms with E-state index in [1.165, 1.54) is 0 Å². The van der Waals surface area contributed by atoms with Crippen molar-refractivity contribution in [2.24, 2.45) is 16.8 Å². The van der Waals surface area contributed by atoms with Gasteiger partial charge in [0.2, 0.25) is 0 Å². The number of hydrogen-bond donors (Lipinski definition) is 1. The molecule has 4 rings (SSSR count). The van der Waals surface area contributed by atoms with E-state index in [1.807, 2.05) is 74.5 Å². The molecule has 0 bridgehead atoms. The molecule has 0 unspecified atom stereocenters. The van der Waals surface area contributed by atoms with Crippen molar-refractivity contribution in [2.45, 2.75) is 20.0 Å². The van der Waals surface area contributed by atoms with Crippen molar-refractivity contribution in [1.82, 2.24) is 4.57 Å². The number of benzene rings is 2. The van der Waals surface area contributed by atoms with Gasteiger partial charge in [0.25, 0.3) is 0 Å². The molecule has 32 heavy (non-hydrogen) atoms. The van der Waals surface area contributed by atoms with E-state index in [2.05, 4.69) is 21.8 Å². The first-order chi connectivity index (χ1) is 15.4. The molecule has 2 N–H and O–H groups in total. The first-order valence-corrected chi connectivity index (χ1v) is 10.5. The normalized spacial score (nSPS) is 18.2. The summed E-state index contributed by atoms with van der Waals surface area (Å²) < 4.78 is 2.08. The highest BCUT2D eigenvalue weighted by atomic mass is 35.5. The first kappa shape index (κ1) is 21.4. The minimum Gasteiger partial charge on any atom is -0.318 e. The zero-order valence-electron chi connectivity index (χ0n) is 17.7. The molecule has 6 nitrogen and oxygen atoms in total. The number of nitrogens with two attached hydrogens (primary N) is 1. The zero-order chi connectivity index (χ0) is 22.8. The summed E-state index contributed by atoms with van der Waals surface area (Å²) in [6.45, 7) is 3.98. The van der Waals surface area contributed by atoms with Gasteiger partial charge in [-0.25, -0.2) is 5.01 Å². The number of hydrogen-bond acceptors (Lipinski definition) is 5. The van der Waals surface area contributed by atoms with Crippen molar-refractivity contribution >= 4 is 29.1 Å². The van der Waals surface area contributed by atoms with E-state index in [0.29, 0.717) is 16.3 Å². The summed E-state index contributed by atoms with van der Waals surface area (Å²) in [4.78, 5) is 0. The minimum atomic E-state index is -0.725. The summed E-state index contributed by atoms with van der Waals surface area (Å²) >= 11 is 6.18. The number of aromatic nitrogens is 1. The number of para-hydroxylation sites is 1. The number of nitrogens with zero attached hydrogens (tertiary/aromatic N) is 5. The van der Waals surface area contributed by atoms with Crippen LogP contribution in [0.5, 0.6) is 0 Å². The molecular weight excluding hydrogens is 420 g/mol. The largest absolute Gasteiger partial charge is 0.318 e. The van der Waals surface area contributed by atoms with Crippen molar-refractivity contribution in [2.75, 3.05) is 5.01 Å². The molecule has 0 saturated heterocycles. The van der Waals surface area contributed by atoms with Gasteiger partial charge in [0.15, 0.2) is 0 Å². The molecule has 7 heteroatoms. The second-order valence-corrected chi connectivity index (χ2v) is 8.01. The van der Waals surface area contributed by atoms with Crippen molar-refractivity contribution < 1.29 is 0 Å². The SMILES string of the molecule is Cc1cc(/C=C(/C#N)C2=NN(c3ccccc3)[C@H](N)[C@@H]2C#N)c(C)n1-c1cccc(Cl)c1. The van der Waals surface area contributed by atoms with Gasteiger partial charge in [-0.05, 0) is 61.9 Å². The second-order valence-electron chi connectivity index (χ2n) is 7.57. The molecule has 0 aliphatic carbocycles. The number of anilines is 1. The Morgan fingerprint density at radius 1 is 1.06 bits per heavy atom. The topological polar surface area (TPSA) is 94.1 Å². The fourth-order valence-electron chi connectivity index (χ4n) is 3.98. The van der Waals surface area contributed by atoms with Crippen molar-refractivity contribution in [3.05, 3.63) is 88.2 Å². The van der Waals surface area contributed by atoms with Gasteiger partial charge in [-0.1, -0.05) is 35.9 Å². The third-order valence-corrected chi connectivity index (χ3v) is 5.76. The fourth-order valence-corrected chi connectivity index (χ4v) is 4.17. The Balaban J connectivity index is 1.77. The van der Waals surface area contributed by atoms with Gasteiger partial charge in [-0.2, -0.15) is 15.6 Å². The molecule has 0 spiro atoms. The summed E-state index contributed by atoms with van der Waals surface area (Å²) in [5.41, 5.74) is 11.5. The molecule has 0 amide bonds. The minimum absolute atomic E-state index is 0.316. The van der Waals surface area contributed by atoms with Crippen LogP contribution in [0.15, 0.2) is 71.3 Å². The fraction of sp³-hybridized carbons (Fsp3) is 0.160. The van der Waals surface area contributed by atoms with E-state index in [4.69, 9.17) is 17.3 Å². The number of hydrazone groups is 1. The van der Waals surface area contributed by atoms with E-state index in [9.17, 15) is 10.5 Å². The molecular formula is C25H21ClN6. The summed E-state index contributed by atoms with van der Waals surface area (Å²) in [5, 5.41) is 26.5. The summed E-state index contributed by atoms with van der Waals surface area (Å²) in [7, 11) is 0. The maximum atomic E-state index is 9.93. The van der Waals surface area contributed by atoms with E-state index in [0.717, 1.165) is 28.3 Å². The Bertz CT molecular complexity index is 1310. The Morgan fingerprint density at radius 3 is 2.44 bits per heavy atom. The summed E-state index contributed by atoms with van der Waals surface area (Å²) in [6, 6.07) is 23.4. The molecule has 1 aliphatic heterocycles. The highest BCUT2D eigenvalue weighted by molar-refractivity contribution is 6.30. The lowest BCUT2D eigenvalue weighted by atomic mass is 9.95. The Hall–Kier alpha value is -3.84. The summed E-state index contributed by atoms with van der Waals surface area (Å²) in [5.74, 6) is -0.725. The van der Waals surface area contributed by atoms with E-state index >= 15 is 0 Å². The molecule has 2 aromatic carbocycles. The zero-order valence-corrected chi connectivity index (χ0v) is 18.5. The monoisotopic (exact) mass is 440 g/mol. The highest BCUT2D eigenvalue weighted by Gasteiger charge is 2.37. The Kier molecular flexibility index (Phi) is 5.83. The van der Waals surface area contributed by atoms with E-state index in [1.54, 1.807) is 11.1 Å². The lowest BCUT2D eigenvalue weighted by Gasteiger charge is -2.21. The van der Waals surface area contributed by atoms with Crippen LogP contribution in [0.25, 0.3) is 11.8 Å². The van der Waals surface area contributed by atoms with Gasteiger partial charge in [0, 0.05) is 22.1 Å². The maximum absolute atomic E-state index is 9.93.